The molecule has 1 atom stereocenters. The van der Waals surface area contributed by atoms with Gasteiger partial charge in [0.2, 0.25) is 0 Å². The summed E-state index contributed by atoms with van der Waals surface area (Å²) < 4.78 is 4.31. The smallest absolute Gasteiger partial charge is 0.407 e. The molecule has 0 heterocycles. The van der Waals surface area contributed by atoms with E-state index in [4.69, 9.17) is 5.73 Å². The van der Waals surface area contributed by atoms with Crippen LogP contribution in [0, 0.1) is 0 Å². The summed E-state index contributed by atoms with van der Waals surface area (Å²) in [5.41, 5.74) is 5.20. The first-order valence-electron chi connectivity index (χ1n) is 2.71. The van der Waals surface area contributed by atoms with Crippen LogP contribution in [0.5, 0.6) is 0 Å². The third-order valence-corrected chi connectivity index (χ3v) is 1.30. The van der Waals surface area contributed by atoms with Gasteiger partial charge < -0.3 is 15.8 Å². The predicted molar refractivity (Wildman–Crippen MR) is 41.8 cm³/mol. The van der Waals surface area contributed by atoms with Crippen LogP contribution in [0.4, 0.5) is 4.79 Å². The minimum Gasteiger partial charge on any atom is -0.453 e. The van der Waals surface area contributed by atoms with Crippen LogP contribution in [0.15, 0.2) is 0 Å². The average Bonchev–Trinajstić information content (AvgIpc) is 1.87. The van der Waals surface area contributed by atoms with E-state index in [-0.39, 0.29) is 11.0 Å². The molecule has 10 heavy (non-hydrogen) atoms. The van der Waals surface area contributed by atoms with Crippen LogP contribution >= 0.6 is 12.2 Å². The monoisotopic (exact) mass is 162 g/mol. The Morgan fingerprint density at radius 1 is 1.80 bits per heavy atom. The molecule has 0 aliphatic heterocycles. The van der Waals surface area contributed by atoms with E-state index in [1.807, 2.05) is 0 Å². The topological polar surface area (TPSA) is 64.3 Å². The summed E-state index contributed by atoms with van der Waals surface area (Å²) in [5, 5.41) is 2.40. The molecule has 0 saturated carbocycles. The van der Waals surface area contributed by atoms with Crippen LogP contribution in [-0.4, -0.2) is 24.2 Å². The Bertz CT molecular complexity index is 149. The van der Waals surface area contributed by atoms with Crippen molar-refractivity contribution in [1.82, 2.24) is 5.32 Å². The Kier molecular flexibility index (Phi) is 3.71. The van der Waals surface area contributed by atoms with Crippen molar-refractivity contribution >= 4 is 23.3 Å². The van der Waals surface area contributed by atoms with Gasteiger partial charge in [-0.25, -0.2) is 4.79 Å². The molecule has 0 aromatic rings. The number of alkyl carbamates (subject to hydrolysis) is 1. The maximum absolute atomic E-state index is 10.5. The van der Waals surface area contributed by atoms with E-state index in [9.17, 15) is 4.79 Å². The molecule has 0 aliphatic rings. The van der Waals surface area contributed by atoms with Gasteiger partial charge in [0, 0.05) is 0 Å². The van der Waals surface area contributed by atoms with Crippen molar-refractivity contribution in [2.75, 3.05) is 7.11 Å². The van der Waals surface area contributed by atoms with Crippen LogP contribution in [0.3, 0.4) is 0 Å². The summed E-state index contributed by atoms with van der Waals surface area (Å²) in [6.07, 6.45) is -0.528. The van der Waals surface area contributed by atoms with Crippen LogP contribution in [-0.2, 0) is 4.74 Å². The predicted octanol–water partition coefficient (Wildman–Crippen LogP) is 0.0170. The maximum atomic E-state index is 10.5. The fraction of sp³-hybridized carbons (Fsp3) is 0.600. The van der Waals surface area contributed by atoms with Crippen molar-refractivity contribution in [3.63, 3.8) is 0 Å². The van der Waals surface area contributed by atoms with E-state index < -0.39 is 6.09 Å². The Morgan fingerprint density at radius 3 is 2.60 bits per heavy atom. The molecule has 0 fully saturated rings. The molecule has 0 rings (SSSR count). The average molecular weight is 162 g/mol. The summed E-state index contributed by atoms with van der Waals surface area (Å²) in [7, 11) is 1.28. The Balaban J connectivity index is 3.68. The zero-order chi connectivity index (χ0) is 8.15. The van der Waals surface area contributed by atoms with Gasteiger partial charge in [-0.1, -0.05) is 12.2 Å². The molecular formula is C5H10N2O2S. The summed E-state index contributed by atoms with van der Waals surface area (Å²) >= 11 is 4.59. The summed E-state index contributed by atoms with van der Waals surface area (Å²) in [4.78, 5) is 10.7. The number of hydrogen-bond acceptors (Lipinski definition) is 3. The molecule has 58 valence electrons. The molecule has 0 aliphatic carbocycles. The molecule has 0 radical (unpaired) electrons. The number of rotatable bonds is 2. The van der Waals surface area contributed by atoms with Crippen molar-refractivity contribution < 1.29 is 9.53 Å². The number of nitrogens with two attached hydrogens (primary N) is 1. The van der Waals surface area contributed by atoms with Gasteiger partial charge in [0.25, 0.3) is 0 Å². The van der Waals surface area contributed by atoms with Crippen molar-refractivity contribution in [3.05, 3.63) is 0 Å². The van der Waals surface area contributed by atoms with Gasteiger partial charge in [-0.3, -0.25) is 0 Å². The Labute approximate surface area is 64.7 Å². The highest BCUT2D eigenvalue weighted by atomic mass is 32.1. The standard InChI is InChI=1S/C5H10N2O2S/c1-3(4(6)10)7-5(8)9-2/h3H,1-2H3,(H2,6,10)(H,7,8). The lowest BCUT2D eigenvalue weighted by molar-refractivity contribution is 0.170. The molecule has 0 aromatic carbocycles. The number of carbonyl (C=O) groups excluding carboxylic acids is 1. The zero-order valence-corrected chi connectivity index (χ0v) is 6.70. The Hall–Kier alpha value is -0.840. The second-order valence-corrected chi connectivity index (χ2v) is 2.23. The van der Waals surface area contributed by atoms with Crippen LogP contribution in [0.1, 0.15) is 6.92 Å². The highest BCUT2D eigenvalue weighted by Gasteiger charge is 2.07. The first kappa shape index (κ1) is 9.16. The minimum atomic E-state index is -0.528. The van der Waals surface area contributed by atoms with Gasteiger partial charge in [0.05, 0.1) is 18.1 Å². The van der Waals surface area contributed by atoms with Gasteiger partial charge >= 0.3 is 6.09 Å². The second kappa shape index (κ2) is 4.05. The van der Waals surface area contributed by atoms with Crippen molar-refractivity contribution in [2.24, 2.45) is 5.73 Å². The van der Waals surface area contributed by atoms with Crippen LogP contribution in [0.25, 0.3) is 0 Å². The second-order valence-electron chi connectivity index (χ2n) is 1.76. The van der Waals surface area contributed by atoms with Crippen molar-refractivity contribution in [2.45, 2.75) is 13.0 Å². The SMILES string of the molecule is COC(=O)NC(C)C(N)=S. The summed E-state index contributed by atoms with van der Waals surface area (Å²) in [6.45, 7) is 1.68. The largest absolute Gasteiger partial charge is 0.453 e. The number of ether oxygens (including phenoxy) is 1. The number of hydrogen-bond donors (Lipinski definition) is 2. The van der Waals surface area contributed by atoms with E-state index >= 15 is 0 Å². The van der Waals surface area contributed by atoms with Gasteiger partial charge in [0.1, 0.15) is 0 Å². The summed E-state index contributed by atoms with van der Waals surface area (Å²) in [6, 6.07) is -0.317. The zero-order valence-electron chi connectivity index (χ0n) is 5.88. The number of amides is 1. The summed E-state index contributed by atoms with van der Waals surface area (Å²) in [5.74, 6) is 0. The highest BCUT2D eigenvalue weighted by Crippen LogP contribution is 1.82. The fourth-order valence-corrected chi connectivity index (χ4v) is 0.366. The lowest BCUT2D eigenvalue weighted by atomic mass is 10.3. The van der Waals surface area contributed by atoms with Crippen molar-refractivity contribution in [1.29, 1.82) is 0 Å². The minimum absolute atomic E-state index is 0.241. The lowest BCUT2D eigenvalue weighted by Gasteiger charge is -2.09. The molecule has 3 N–H and O–H groups in total. The van der Waals surface area contributed by atoms with E-state index in [2.05, 4.69) is 22.3 Å². The molecular weight excluding hydrogens is 152 g/mol. The van der Waals surface area contributed by atoms with Gasteiger partial charge in [-0.05, 0) is 6.92 Å². The van der Waals surface area contributed by atoms with E-state index in [0.717, 1.165) is 0 Å². The fourth-order valence-electron chi connectivity index (χ4n) is 0.307. The highest BCUT2D eigenvalue weighted by molar-refractivity contribution is 7.80. The third kappa shape index (κ3) is 3.24. The molecule has 0 aromatic heterocycles. The molecule has 4 nitrogen and oxygen atoms in total. The van der Waals surface area contributed by atoms with Crippen LogP contribution in [0.2, 0.25) is 0 Å². The first-order chi connectivity index (χ1) is 4.57. The molecule has 0 spiro atoms. The van der Waals surface area contributed by atoms with Crippen LogP contribution < -0.4 is 11.1 Å². The van der Waals surface area contributed by atoms with E-state index in [1.54, 1.807) is 6.92 Å². The molecule has 0 bridgehead atoms. The lowest BCUT2D eigenvalue weighted by Crippen LogP contribution is -2.41. The maximum Gasteiger partial charge on any atom is 0.407 e. The Morgan fingerprint density at radius 2 is 2.30 bits per heavy atom. The number of nitrogens with one attached hydrogen (secondary N) is 1. The third-order valence-electron chi connectivity index (χ3n) is 0.947. The first-order valence-corrected chi connectivity index (χ1v) is 3.12. The quantitative estimate of drug-likeness (QED) is 0.562. The van der Waals surface area contributed by atoms with Gasteiger partial charge in [0.15, 0.2) is 0 Å². The molecule has 0 saturated heterocycles. The van der Waals surface area contributed by atoms with Crippen molar-refractivity contribution in [3.8, 4) is 0 Å². The molecule has 1 amide bonds. The number of methoxy groups -OCH3 is 1. The normalized spacial score (nSPS) is 11.8. The van der Waals surface area contributed by atoms with E-state index in [0.29, 0.717) is 0 Å². The number of carbonyl (C=O) groups is 1. The molecule has 5 heteroatoms. The molecule has 1 unspecified atom stereocenters. The number of thiocarbonyl (C=S) groups is 1. The van der Waals surface area contributed by atoms with Gasteiger partial charge in [-0.15, -0.1) is 0 Å². The van der Waals surface area contributed by atoms with E-state index in [1.165, 1.54) is 7.11 Å². The van der Waals surface area contributed by atoms with Gasteiger partial charge in [-0.2, -0.15) is 0 Å².